The zero-order valence-corrected chi connectivity index (χ0v) is 19.4. The van der Waals surface area contributed by atoms with Gasteiger partial charge < -0.3 is 25.2 Å². The zero-order valence-electron chi connectivity index (χ0n) is 19.4. The monoisotopic (exact) mass is 478 g/mol. The van der Waals surface area contributed by atoms with E-state index < -0.39 is 18.2 Å². The molecular weight excluding hydrogens is 448 g/mol. The van der Waals surface area contributed by atoms with Crippen LogP contribution in [0.4, 0.5) is 4.79 Å². The molecule has 0 radical (unpaired) electrons. The molecule has 0 spiro atoms. The quantitative estimate of drug-likeness (QED) is 0.536. The van der Waals surface area contributed by atoms with E-state index >= 15 is 0 Å². The Hall–Kier alpha value is -3.39. The first kappa shape index (κ1) is 23.4. The molecule has 2 aromatic carbocycles. The van der Waals surface area contributed by atoms with E-state index in [4.69, 9.17) is 14.6 Å². The second-order valence-corrected chi connectivity index (χ2v) is 9.67. The summed E-state index contributed by atoms with van der Waals surface area (Å²) in [5, 5.41) is 14.7. The van der Waals surface area contributed by atoms with Crippen LogP contribution in [0.3, 0.4) is 0 Å². The number of nitrogens with one attached hydrogen (secondary N) is 2. The van der Waals surface area contributed by atoms with E-state index in [1.165, 1.54) is 22.3 Å². The van der Waals surface area contributed by atoms with Gasteiger partial charge in [0.2, 0.25) is 5.91 Å². The van der Waals surface area contributed by atoms with E-state index in [2.05, 4.69) is 34.9 Å². The second-order valence-electron chi connectivity index (χ2n) is 9.67. The first-order chi connectivity index (χ1) is 17.0. The number of carbonyl (C=O) groups is 3. The molecule has 5 rings (SSSR count). The van der Waals surface area contributed by atoms with Crippen LogP contribution in [-0.4, -0.2) is 54.5 Å². The lowest BCUT2D eigenvalue weighted by molar-refractivity contribution is -0.149. The smallest absolute Gasteiger partial charge is 0.407 e. The average Bonchev–Trinajstić information content (AvgIpc) is 3.43. The summed E-state index contributed by atoms with van der Waals surface area (Å²) in [5.41, 5.74) is 4.74. The summed E-state index contributed by atoms with van der Waals surface area (Å²) >= 11 is 0. The molecule has 1 saturated heterocycles. The minimum absolute atomic E-state index is 0.0120. The molecule has 8 heteroatoms. The molecule has 0 bridgehead atoms. The van der Waals surface area contributed by atoms with Gasteiger partial charge in [0, 0.05) is 24.9 Å². The van der Waals surface area contributed by atoms with Gasteiger partial charge in [-0.25, -0.2) is 9.59 Å². The van der Waals surface area contributed by atoms with Gasteiger partial charge in [-0.2, -0.15) is 0 Å². The molecule has 2 aliphatic carbocycles. The maximum absolute atomic E-state index is 12.4. The van der Waals surface area contributed by atoms with Gasteiger partial charge in [-0.1, -0.05) is 48.5 Å². The highest BCUT2D eigenvalue weighted by molar-refractivity contribution is 5.79. The summed E-state index contributed by atoms with van der Waals surface area (Å²) in [4.78, 5) is 35.6. The fourth-order valence-electron chi connectivity index (χ4n) is 5.43. The molecule has 1 saturated carbocycles. The number of alkyl carbamates (subject to hydrolysis) is 1. The average molecular weight is 479 g/mol. The third-order valence-corrected chi connectivity index (χ3v) is 7.29. The molecular formula is C27H30N2O6. The van der Waals surface area contributed by atoms with Crippen molar-refractivity contribution in [1.29, 1.82) is 0 Å². The first-order valence-corrected chi connectivity index (χ1v) is 12.2. The van der Waals surface area contributed by atoms with Gasteiger partial charge in [0.15, 0.2) is 6.10 Å². The van der Waals surface area contributed by atoms with Gasteiger partial charge in [-0.3, -0.25) is 4.79 Å². The third kappa shape index (κ3) is 5.17. The molecule has 1 aliphatic heterocycles. The molecule has 35 heavy (non-hydrogen) atoms. The highest BCUT2D eigenvalue weighted by atomic mass is 16.5. The summed E-state index contributed by atoms with van der Waals surface area (Å²) in [5.74, 6) is -0.786. The lowest BCUT2D eigenvalue weighted by atomic mass is 9.78. The van der Waals surface area contributed by atoms with Crippen LogP contribution < -0.4 is 10.6 Å². The van der Waals surface area contributed by atoms with Crippen LogP contribution in [-0.2, 0) is 19.1 Å². The van der Waals surface area contributed by atoms with Gasteiger partial charge in [-0.15, -0.1) is 0 Å². The van der Waals surface area contributed by atoms with Crippen molar-refractivity contribution in [2.45, 2.75) is 56.3 Å². The van der Waals surface area contributed by atoms with Gasteiger partial charge >= 0.3 is 12.1 Å². The lowest BCUT2D eigenvalue weighted by Crippen LogP contribution is -2.46. The molecule has 1 heterocycles. The number of aliphatic carboxylic acids is 1. The Morgan fingerprint density at radius 3 is 2.26 bits per heavy atom. The molecule has 2 atom stereocenters. The number of ether oxygens (including phenoxy) is 2. The van der Waals surface area contributed by atoms with Crippen LogP contribution in [0.5, 0.6) is 0 Å². The van der Waals surface area contributed by atoms with Crippen molar-refractivity contribution in [2.75, 3.05) is 13.2 Å². The molecule has 2 unspecified atom stereocenters. The topological polar surface area (TPSA) is 114 Å². The fraction of sp³-hybridized carbons (Fsp3) is 0.444. The standard InChI is InChI=1S/C27H30N2O6/c30-25(28-14-18-9-10-24(35-18)26(31)32)13-16-11-17(12-16)29-27(33)34-15-23-21-7-3-1-5-19(21)20-6-2-4-8-22(20)23/h1-8,16-18,23-24H,9-15H2,(H,28,30)(H,29,33)(H,31,32). The van der Waals surface area contributed by atoms with Crippen LogP contribution in [0.2, 0.25) is 0 Å². The maximum atomic E-state index is 12.4. The van der Waals surface area contributed by atoms with Crippen LogP contribution >= 0.6 is 0 Å². The van der Waals surface area contributed by atoms with E-state index in [1.807, 2.05) is 24.3 Å². The Morgan fingerprint density at radius 2 is 1.63 bits per heavy atom. The molecule has 2 aromatic rings. The van der Waals surface area contributed by atoms with Crippen molar-refractivity contribution in [3.63, 3.8) is 0 Å². The van der Waals surface area contributed by atoms with Crippen LogP contribution in [0.15, 0.2) is 48.5 Å². The van der Waals surface area contributed by atoms with Crippen molar-refractivity contribution in [3.05, 3.63) is 59.7 Å². The van der Waals surface area contributed by atoms with Gasteiger partial charge in [0.05, 0.1) is 6.10 Å². The zero-order chi connectivity index (χ0) is 24.4. The van der Waals surface area contributed by atoms with E-state index in [1.54, 1.807) is 0 Å². The normalized spacial score (nSPS) is 24.7. The summed E-state index contributed by atoms with van der Waals surface area (Å²) < 4.78 is 11.0. The Balaban J connectivity index is 1.01. The number of amides is 2. The second kappa shape index (κ2) is 10.1. The molecule has 0 aromatic heterocycles. The first-order valence-electron chi connectivity index (χ1n) is 12.2. The molecule has 8 nitrogen and oxygen atoms in total. The minimum atomic E-state index is -0.955. The molecule has 3 N–H and O–H groups in total. The number of carboxylic acids is 1. The Kier molecular flexibility index (Phi) is 6.72. The van der Waals surface area contributed by atoms with Crippen LogP contribution in [0.25, 0.3) is 11.1 Å². The van der Waals surface area contributed by atoms with Gasteiger partial charge in [-0.05, 0) is 53.9 Å². The van der Waals surface area contributed by atoms with Crippen molar-refractivity contribution < 1.29 is 29.0 Å². The number of rotatable bonds is 8. The summed E-state index contributed by atoms with van der Waals surface area (Å²) in [7, 11) is 0. The van der Waals surface area contributed by atoms with E-state index in [0.717, 1.165) is 12.8 Å². The predicted molar refractivity (Wildman–Crippen MR) is 128 cm³/mol. The Bertz CT molecular complexity index is 1070. The number of hydrogen-bond donors (Lipinski definition) is 3. The van der Waals surface area contributed by atoms with Crippen molar-refractivity contribution in [2.24, 2.45) is 5.92 Å². The lowest BCUT2D eigenvalue weighted by Gasteiger charge is -2.35. The largest absolute Gasteiger partial charge is 0.479 e. The summed E-state index contributed by atoms with van der Waals surface area (Å²) in [6.07, 6.45) is 1.52. The van der Waals surface area contributed by atoms with Crippen molar-refractivity contribution in [3.8, 4) is 11.1 Å². The Morgan fingerprint density at radius 1 is 0.971 bits per heavy atom. The number of benzene rings is 2. The van der Waals surface area contributed by atoms with Crippen LogP contribution in [0.1, 0.15) is 49.1 Å². The molecule has 2 fully saturated rings. The molecule has 184 valence electrons. The van der Waals surface area contributed by atoms with Crippen molar-refractivity contribution in [1.82, 2.24) is 10.6 Å². The van der Waals surface area contributed by atoms with E-state index in [-0.39, 0.29) is 36.5 Å². The SMILES string of the molecule is O=C(CC1CC(NC(=O)OCC2c3ccccc3-c3ccccc32)C1)NCC1CCC(C(=O)O)O1. The van der Waals surface area contributed by atoms with E-state index in [0.29, 0.717) is 25.8 Å². The number of carbonyl (C=O) groups excluding carboxylic acids is 2. The third-order valence-electron chi connectivity index (χ3n) is 7.29. The minimum Gasteiger partial charge on any atom is -0.479 e. The van der Waals surface area contributed by atoms with Gasteiger partial charge in [0.1, 0.15) is 6.61 Å². The fourth-order valence-corrected chi connectivity index (χ4v) is 5.43. The molecule has 2 amide bonds. The van der Waals surface area contributed by atoms with Crippen LogP contribution in [0, 0.1) is 5.92 Å². The summed E-state index contributed by atoms with van der Waals surface area (Å²) in [6.45, 7) is 0.612. The Labute approximate surface area is 204 Å². The van der Waals surface area contributed by atoms with Crippen molar-refractivity contribution >= 4 is 18.0 Å². The maximum Gasteiger partial charge on any atom is 0.407 e. The van der Waals surface area contributed by atoms with Gasteiger partial charge in [0.25, 0.3) is 0 Å². The predicted octanol–water partition coefficient (Wildman–Crippen LogP) is 3.44. The number of hydrogen-bond acceptors (Lipinski definition) is 5. The highest BCUT2D eigenvalue weighted by Crippen LogP contribution is 2.44. The molecule has 3 aliphatic rings. The van der Waals surface area contributed by atoms with E-state index in [9.17, 15) is 14.4 Å². The highest BCUT2D eigenvalue weighted by Gasteiger charge is 2.34. The summed E-state index contributed by atoms with van der Waals surface area (Å²) in [6, 6.07) is 16.5. The number of fused-ring (bicyclic) bond motifs is 3. The number of carboxylic acid groups (broad SMARTS) is 1.